The first kappa shape index (κ1) is 28.4. The lowest BCUT2D eigenvalue weighted by molar-refractivity contribution is -0.305. The fourth-order valence-electron chi connectivity index (χ4n) is 4.24. The van der Waals surface area contributed by atoms with Crippen LogP contribution in [0.3, 0.4) is 0 Å². The van der Waals surface area contributed by atoms with Crippen molar-refractivity contribution in [3.05, 3.63) is 66.5 Å². The summed E-state index contributed by atoms with van der Waals surface area (Å²) in [7, 11) is 4.71. The maximum absolute atomic E-state index is 12.3. The SMILES string of the molecule is CO[C@@H]1[C@@H](OC)[C@H](C)O[C@@H](O/N=C/c2ccc(-c3cnc(-c4ccc(OC(F)(F)F)cc4)nc3)cc2)[C@@H]1OC. The minimum absolute atomic E-state index is 0.290. The van der Waals surface area contributed by atoms with Gasteiger partial charge in [-0.05, 0) is 42.3 Å². The van der Waals surface area contributed by atoms with Gasteiger partial charge in [0.2, 0.25) is 0 Å². The highest BCUT2D eigenvalue weighted by Gasteiger charge is 2.46. The van der Waals surface area contributed by atoms with E-state index in [-0.39, 0.29) is 24.1 Å². The van der Waals surface area contributed by atoms with E-state index in [0.29, 0.717) is 11.4 Å². The standard InChI is InChI=1S/C27H28F3N3O6/c1-16-22(34-2)23(35-3)24(36-4)26(37-16)39-33-13-17-5-7-18(8-6-17)20-14-31-25(32-15-20)19-9-11-21(12-10-19)38-27(28,29)30/h5-16,22-24,26H,1-4H3/b33-13+/t16-,22-,23+,24+,26-/m0/s1. The number of hydrogen-bond donors (Lipinski definition) is 0. The molecule has 0 unspecified atom stereocenters. The van der Waals surface area contributed by atoms with Crippen LogP contribution in [0.25, 0.3) is 22.5 Å². The molecule has 12 heteroatoms. The van der Waals surface area contributed by atoms with E-state index in [1.165, 1.54) is 24.3 Å². The van der Waals surface area contributed by atoms with Crippen LogP contribution in [0, 0.1) is 0 Å². The molecule has 1 aromatic heterocycles. The average molecular weight is 548 g/mol. The molecule has 1 fully saturated rings. The molecule has 1 aliphatic rings. The molecule has 4 rings (SSSR count). The van der Waals surface area contributed by atoms with Crippen LogP contribution in [0.5, 0.6) is 5.75 Å². The Hall–Kier alpha value is -3.58. The van der Waals surface area contributed by atoms with Crippen LogP contribution >= 0.6 is 0 Å². The van der Waals surface area contributed by atoms with Gasteiger partial charge in [0.05, 0.1) is 12.3 Å². The highest BCUT2D eigenvalue weighted by molar-refractivity contribution is 5.80. The Balaban J connectivity index is 1.37. The van der Waals surface area contributed by atoms with Crippen LogP contribution in [0.4, 0.5) is 13.2 Å². The van der Waals surface area contributed by atoms with E-state index in [1.54, 1.807) is 39.9 Å². The zero-order chi connectivity index (χ0) is 28.0. The van der Waals surface area contributed by atoms with Gasteiger partial charge in [0.15, 0.2) is 11.9 Å². The van der Waals surface area contributed by atoms with Gasteiger partial charge in [-0.3, -0.25) is 0 Å². The second-order valence-electron chi connectivity index (χ2n) is 8.64. The van der Waals surface area contributed by atoms with E-state index in [9.17, 15) is 13.2 Å². The Labute approximate surface area is 223 Å². The lowest BCUT2D eigenvalue weighted by Crippen LogP contribution is -2.59. The number of oxime groups is 1. The Bertz CT molecular complexity index is 1220. The van der Waals surface area contributed by atoms with E-state index >= 15 is 0 Å². The molecule has 0 saturated carbocycles. The van der Waals surface area contributed by atoms with Crippen LogP contribution < -0.4 is 4.74 Å². The third-order valence-electron chi connectivity index (χ3n) is 6.15. The Morgan fingerprint density at radius 1 is 0.795 bits per heavy atom. The molecular weight excluding hydrogens is 519 g/mol. The number of alkyl halides is 3. The molecule has 1 saturated heterocycles. The van der Waals surface area contributed by atoms with Crippen molar-refractivity contribution in [2.75, 3.05) is 21.3 Å². The molecule has 3 aromatic rings. The van der Waals surface area contributed by atoms with Crippen molar-refractivity contribution in [1.29, 1.82) is 0 Å². The third-order valence-corrected chi connectivity index (χ3v) is 6.15. The third kappa shape index (κ3) is 7.09. The van der Waals surface area contributed by atoms with Gasteiger partial charge in [-0.2, -0.15) is 0 Å². The van der Waals surface area contributed by atoms with Gasteiger partial charge < -0.3 is 28.5 Å². The summed E-state index contributed by atoms with van der Waals surface area (Å²) in [5.41, 5.74) is 2.98. The zero-order valence-corrected chi connectivity index (χ0v) is 21.7. The predicted octanol–water partition coefficient (Wildman–Crippen LogP) is 4.85. The number of hydrogen-bond acceptors (Lipinski definition) is 9. The molecule has 0 bridgehead atoms. The van der Waals surface area contributed by atoms with Crippen molar-refractivity contribution in [2.45, 2.75) is 44.0 Å². The van der Waals surface area contributed by atoms with Crippen LogP contribution in [-0.4, -0.2) is 74.6 Å². The molecule has 2 heterocycles. The van der Waals surface area contributed by atoms with Gasteiger partial charge in [-0.1, -0.05) is 29.4 Å². The topological polar surface area (TPSA) is 93.5 Å². The lowest BCUT2D eigenvalue weighted by Gasteiger charge is -2.42. The van der Waals surface area contributed by atoms with Gasteiger partial charge in [0, 0.05) is 44.8 Å². The van der Waals surface area contributed by atoms with Crippen molar-refractivity contribution in [2.24, 2.45) is 5.16 Å². The minimum Gasteiger partial charge on any atom is -0.406 e. The highest BCUT2D eigenvalue weighted by Crippen LogP contribution is 2.28. The fraction of sp³-hybridized carbons (Fsp3) is 0.370. The quantitative estimate of drug-likeness (QED) is 0.277. The van der Waals surface area contributed by atoms with Gasteiger partial charge in [0.1, 0.15) is 18.0 Å². The van der Waals surface area contributed by atoms with Crippen LogP contribution in [0.2, 0.25) is 0 Å². The van der Waals surface area contributed by atoms with Crippen molar-refractivity contribution in [3.63, 3.8) is 0 Å². The first-order chi connectivity index (χ1) is 18.7. The first-order valence-corrected chi connectivity index (χ1v) is 11.9. The molecule has 1 aliphatic heterocycles. The van der Waals surface area contributed by atoms with E-state index in [1.807, 2.05) is 31.2 Å². The van der Waals surface area contributed by atoms with E-state index in [2.05, 4.69) is 19.9 Å². The molecule has 5 atom stereocenters. The Morgan fingerprint density at radius 2 is 1.38 bits per heavy atom. The largest absolute Gasteiger partial charge is 0.573 e. The number of rotatable bonds is 9. The number of halogens is 3. The average Bonchev–Trinajstić information content (AvgIpc) is 2.93. The summed E-state index contributed by atoms with van der Waals surface area (Å²) in [5.74, 6) is 0.0644. The molecular formula is C27H28F3N3O6. The van der Waals surface area contributed by atoms with Crippen LogP contribution in [0.15, 0.2) is 66.1 Å². The van der Waals surface area contributed by atoms with Crippen molar-refractivity contribution in [1.82, 2.24) is 9.97 Å². The molecule has 0 N–H and O–H groups in total. The lowest BCUT2D eigenvalue weighted by atomic mass is 9.99. The van der Waals surface area contributed by atoms with Crippen molar-refractivity contribution in [3.8, 4) is 28.3 Å². The minimum atomic E-state index is -4.74. The van der Waals surface area contributed by atoms with Crippen LogP contribution in [-0.2, 0) is 23.8 Å². The molecule has 0 radical (unpaired) electrons. The molecule has 208 valence electrons. The molecule has 0 amide bonds. The first-order valence-electron chi connectivity index (χ1n) is 11.9. The summed E-state index contributed by atoms with van der Waals surface area (Å²) in [6, 6.07) is 12.8. The zero-order valence-electron chi connectivity index (χ0n) is 21.7. The molecule has 0 aliphatic carbocycles. The molecule has 9 nitrogen and oxygen atoms in total. The summed E-state index contributed by atoms with van der Waals surface area (Å²) in [6.07, 6.45) is -2.21. The normalized spacial score (nSPS) is 23.6. The van der Waals surface area contributed by atoms with Gasteiger partial charge in [0.25, 0.3) is 6.29 Å². The van der Waals surface area contributed by atoms with E-state index < -0.39 is 18.8 Å². The van der Waals surface area contributed by atoms with Gasteiger partial charge >= 0.3 is 6.36 Å². The summed E-state index contributed by atoms with van der Waals surface area (Å²) in [5, 5.41) is 4.07. The molecule has 39 heavy (non-hydrogen) atoms. The monoisotopic (exact) mass is 547 g/mol. The maximum atomic E-state index is 12.3. The van der Waals surface area contributed by atoms with Gasteiger partial charge in [-0.25, -0.2) is 9.97 Å². The van der Waals surface area contributed by atoms with E-state index in [4.69, 9.17) is 23.8 Å². The summed E-state index contributed by atoms with van der Waals surface area (Å²) in [4.78, 5) is 14.3. The number of nitrogens with zero attached hydrogens (tertiary/aromatic N) is 3. The second kappa shape index (κ2) is 12.5. The molecule has 2 aromatic carbocycles. The number of methoxy groups -OCH3 is 3. The number of aromatic nitrogens is 2. The number of ether oxygens (including phenoxy) is 5. The smallest absolute Gasteiger partial charge is 0.406 e. The number of benzene rings is 2. The summed E-state index contributed by atoms with van der Waals surface area (Å²) in [6.45, 7) is 1.87. The predicted molar refractivity (Wildman–Crippen MR) is 135 cm³/mol. The Morgan fingerprint density at radius 3 is 1.95 bits per heavy atom. The van der Waals surface area contributed by atoms with Crippen LogP contribution in [0.1, 0.15) is 12.5 Å². The van der Waals surface area contributed by atoms with Gasteiger partial charge in [-0.15, -0.1) is 13.2 Å². The summed E-state index contributed by atoms with van der Waals surface area (Å²) < 4.78 is 63.4. The van der Waals surface area contributed by atoms with Crippen molar-refractivity contribution < 1.29 is 41.7 Å². The molecule has 0 spiro atoms. The second-order valence-corrected chi connectivity index (χ2v) is 8.64. The fourth-order valence-corrected chi connectivity index (χ4v) is 4.24. The maximum Gasteiger partial charge on any atom is 0.573 e. The Kier molecular flexibility index (Phi) is 9.12. The summed E-state index contributed by atoms with van der Waals surface area (Å²) >= 11 is 0. The van der Waals surface area contributed by atoms with E-state index in [0.717, 1.165) is 16.7 Å². The van der Waals surface area contributed by atoms with Crippen molar-refractivity contribution >= 4 is 6.21 Å². The highest BCUT2D eigenvalue weighted by atomic mass is 19.4.